The van der Waals surface area contributed by atoms with Crippen molar-refractivity contribution in [2.45, 2.75) is 37.4 Å². The van der Waals surface area contributed by atoms with E-state index in [2.05, 4.69) is 5.32 Å². The van der Waals surface area contributed by atoms with Crippen LogP contribution in [0.4, 0.5) is 8.78 Å². The monoisotopic (exact) mass is 315 g/mol. The van der Waals surface area contributed by atoms with Crippen molar-refractivity contribution in [1.29, 1.82) is 0 Å². The Balaban J connectivity index is 1.47. The summed E-state index contributed by atoms with van der Waals surface area (Å²) in [5, 5.41) is 3.48. The first-order valence-electron chi connectivity index (χ1n) is 7.66. The lowest BCUT2D eigenvalue weighted by Crippen LogP contribution is -2.21. The number of hydrogen-bond donors (Lipinski definition) is 1. The first-order valence-corrected chi connectivity index (χ1v) is 8.95. The van der Waals surface area contributed by atoms with Crippen molar-refractivity contribution in [2.24, 2.45) is 0 Å². The van der Waals surface area contributed by atoms with Crippen LogP contribution in [0.5, 0.6) is 0 Å². The van der Waals surface area contributed by atoms with Crippen molar-refractivity contribution in [3.05, 3.63) is 35.9 Å². The van der Waals surface area contributed by atoms with E-state index in [0.29, 0.717) is 6.61 Å². The lowest BCUT2D eigenvalue weighted by Gasteiger charge is -2.16. The van der Waals surface area contributed by atoms with Crippen molar-refractivity contribution < 1.29 is 13.5 Å². The second kappa shape index (κ2) is 8.77. The molecule has 2 atom stereocenters. The van der Waals surface area contributed by atoms with Gasteiger partial charge in [0.15, 0.2) is 0 Å². The summed E-state index contributed by atoms with van der Waals surface area (Å²) in [6.45, 7) is 0.978. The second-order valence-electron chi connectivity index (χ2n) is 5.45. The van der Waals surface area contributed by atoms with Gasteiger partial charge in [0.05, 0.1) is 0 Å². The zero-order valence-electron chi connectivity index (χ0n) is 12.3. The van der Waals surface area contributed by atoms with Crippen LogP contribution in [0.2, 0.25) is 0 Å². The van der Waals surface area contributed by atoms with Crippen LogP contribution in [0, 0.1) is 0 Å². The fourth-order valence-corrected chi connectivity index (χ4v) is 2.68. The third kappa shape index (κ3) is 6.82. The normalized spacial score (nSPS) is 19.0. The Bertz CT molecular complexity index is 399. The summed E-state index contributed by atoms with van der Waals surface area (Å²) in [5.74, 6) is -2.09. The largest absolute Gasteiger partial charge is 0.375 e. The molecule has 0 spiro atoms. The Hall–Kier alpha value is -0.570. The van der Waals surface area contributed by atoms with Crippen molar-refractivity contribution in [3.63, 3.8) is 0 Å². The smallest absolute Gasteiger partial charge is 0.296 e. The molecular formula is C16H24F2NOP. The molecule has 21 heavy (non-hydrogen) atoms. The van der Waals surface area contributed by atoms with Gasteiger partial charge in [-0.05, 0) is 25.5 Å². The van der Waals surface area contributed by atoms with Crippen LogP contribution in [0.15, 0.2) is 30.3 Å². The van der Waals surface area contributed by atoms with Gasteiger partial charge in [0.2, 0.25) is 0 Å². The van der Waals surface area contributed by atoms with E-state index < -0.39 is 12.5 Å². The van der Waals surface area contributed by atoms with Gasteiger partial charge in [-0.1, -0.05) is 43.2 Å². The molecule has 0 bridgehead atoms. The summed E-state index contributed by atoms with van der Waals surface area (Å²) in [4.78, 5) is 0. The lowest BCUT2D eigenvalue weighted by atomic mass is 10.1. The van der Waals surface area contributed by atoms with Crippen molar-refractivity contribution in [3.8, 4) is 0 Å². The Morgan fingerprint density at radius 1 is 1.14 bits per heavy atom. The summed E-state index contributed by atoms with van der Waals surface area (Å²) >= 11 is 0. The van der Waals surface area contributed by atoms with E-state index in [1.807, 2.05) is 0 Å². The number of unbranched alkanes of at least 4 members (excludes halogenated alkanes) is 3. The average molecular weight is 315 g/mol. The maximum atomic E-state index is 13.8. The summed E-state index contributed by atoms with van der Waals surface area (Å²) in [6.07, 6.45) is 5.56. The number of ether oxygens (including phenoxy) is 1. The van der Waals surface area contributed by atoms with Crippen LogP contribution in [-0.2, 0) is 10.7 Å². The van der Waals surface area contributed by atoms with E-state index in [1.54, 1.807) is 18.2 Å². The van der Waals surface area contributed by atoms with Gasteiger partial charge in [-0.2, -0.15) is 8.78 Å². The van der Waals surface area contributed by atoms with Crippen LogP contribution >= 0.6 is 8.58 Å². The van der Waals surface area contributed by atoms with E-state index in [0.717, 1.165) is 40.2 Å². The molecule has 1 aromatic carbocycles. The average Bonchev–Trinajstić information content (AvgIpc) is 3.30. The van der Waals surface area contributed by atoms with Crippen LogP contribution in [0.3, 0.4) is 0 Å². The number of halogens is 2. The molecule has 1 aromatic rings. The Morgan fingerprint density at radius 3 is 2.57 bits per heavy atom. The molecular weight excluding hydrogens is 291 g/mol. The number of benzene rings is 1. The summed E-state index contributed by atoms with van der Waals surface area (Å²) in [7, 11) is 1.12. The quantitative estimate of drug-likeness (QED) is 0.493. The van der Waals surface area contributed by atoms with Gasteiger partial charge in [-0.15, -0.1) is 8.58 Å². The Morgan fingerprint density at radius 2 is 1.86 bits per heavy atom. The third-order valence-corrected chi connectivity index (χ3v) is 4.51. The SMILES string of the molecule is FC(F)(COCCCCCCNC1CP1)c1ccccc1. The summed E-state index contributed by atoms with van der Waals surface area (Å²) in [5.41, 5.74) is 0.0249. The predicted octanol–water partition coefficient (Wildman–Crippen LogP) is 3.96. The first-order chi connectivity index (χ1) is 10.2. The zero-order valence-corrected chi connectivity index (χ0v) is 13.3. The standard InChI is InChI=1S/C16H24F2NOP/c17-16(18,14-8-4-3-5-9-14)13-20-11-7-2-1-6-10-19-15-12-21-15/h3-5,8-9,15,19,21H,1-2,6-7,10-13H2. The van der Waals surface area contributed by atoms with E-state index in [1.165, 1.54) is 24.7 Å². The lowest BCUT2D eigenvalue weighted by molar-refractivity contribution is -0.0831. The van der Waals surface area contributed by atoms with Gasteiger partial charge in [0, 0.05) is 18.0 Å². The highest BCUT2D eigenvalue weighted by atomic mass is 31.1. The molecule has 0 aromatic heterocycles. The van der Waals surface area contributed by atoms with Gasteiger partial charge < -0.3 is 10.1 Å². The highest BCUT2D eigenvalue weighted by Gasteiger charge is 2.31. The van der Waals surface area contributed by atoms with E-state index in [-0.39, 0.29) is 5.56 Å². The fraction of sp³-hybridized carbons (Fsp3) is 0.625. The molecule has 5 heteroatoms. The van der Waals surface area contributed by atoms with Gasteiger partial charge in [0.25, 0.3) is 5.92 Å². The minimum atomic E-state index is -2.89. The topological polar surface area (TPSA) is 21.3 Å². The minimum Gasteiger partial charge on any atom is -0.375 e. The highest BCUT2D eigenvalue weighted by molar-refractivity contribution is 7.47. The maximum Gasteiger partial charge on any atom is 0.296 e. The Kier molecular flexibility index (Phi) is 7.01. The molecule has 118 valence electrons. The van der Waals surface area contributed by atoms with Crippen LogP contribution in [-0.4, -0.2) is 31.7 Å². The number of rotatable bonds is 11. The molecule has 2 nitrogen and oxygen atoms in total. The third-order valence-electron chi connectivity index (χ3n) is 3.49. The van der Waals surface area contributed by atoms with E-state index >= 15 is 0 Å². The van der Waals surface area contributed by atoms with Crippen LogP contribution in [0.1, 0.15) is 31.2 Å². The minimum absolute atomic E-state index is 0.0249. The molecule has 0 amide bonds. The highest BCUT2D eigenvalue weighted by Crippen LogP contribution is 2.35. The maximum absolute atomic E-state index is 13.8. The second-order valence-corrected chi connectivity index (χ2v) is 6.97. The van der Waals surface area contributed by atoms with Crippen molar-refractivity contribution in [1.82, 2.24) is 5.32 Å². The molecule has 1 N–H and O–H groups in total. The fourth-order valence-electron chi connectivity index (χ4n) is 2.13. The molecule has 2 rings (SSSR count). The van der Waals surface area contributed by atoms with Gasteiger partial charge in [0.1, 0.15) is 6.61 Å². The number of nitrogens with one attached hydrogen (secondary N) is 1. The first kappa shape index (κ1) is 16.8. The zero-order chi connectivity index (χ0) is 15.0. The molecule has 0 aliphatic carbocycles. The van der Waals surface area contributed by atoms with E-state index in [9.17, 15) is 8.78 Å². The van der Waals surface area contributed by atoms with Gasteiger partial charge in [-0.25, -0.2) is 0 Å². The van der Waals surface area contributed by atoms with Crippen molar-refractivity contribution >= 4 is 8.58 Å². The van der Waals surface area contributed by atoms with Crippen molar-refractivity contribution in [2.75, 3.05) is 25.9 Å². The molecule has 1 fully saturated rings. The van der Waals surface area contributed by atoms with Crippen LogP contribution < -0.4 is 5.32 Å². The van der Waals surface area contributed by atoms with Crippen LogP contribution in [0.25, 0.3) is 0 Å². The predicted molar refractivity (Wildman–Crippen MR) is 84.6 cm³/mol. The summed E-state index contributed by atoms with van der Waals surface area (Å²) < 4.78 is 32.7. The summed E-state index contributed by atoms with van der Waals surface area (Å²) in [6, 6.07) is 7.87. The molecule has 1 aliphatic rings. The van der Waals surface area contributed by atoms with Gasteiger partial charge in [-0.3, -0.25) is 0 Å². The molecule has 1 aliphatic heterocycles. The number of hydrogen-bond acceptors (Lipinski definition) is 2. The molecule has 1 heterocycles. The van der Waals surface area contributed by atoms with E-state index in [4.69, 9.17) is 4.74 Å². The Labute approximate surface area is 127 Å². The molecule has 1 saturated heterocycles. The number of alkyl halides is 2. The molecule has 2 unspecified atom stereocenters. The molecule has 0 saturated carbocycles. The molecule has 0 radical (unpaired) electrons. The van der Waals surface area contributed by atoms with Gasteiger partial charge >= 0.3 is 0 Å².